The highest BCUT2D eigenvalue weighted by Crippen LogP contribution is 2.24. The Morgan fingerprint density at radius 3 is 2.95 bits per heavy atom. The number of amides is 1. The van der Waals surface area contributed by atoms with Gasteiger partial charge >= 0.3 is 0 Å². The number of hydrogen-bond donors (Lipinski definition) is 2. The third-order valence-electron chi connectivity index (χ3n) is 3.18. The number of carbonyl (C=O) groups is 1. The van der Waals surface area contributed by atoms with E-state index in [0.29, 0.717) is 5.13 Å². The molecule has 1 saturated heterocycles. The fourth-order valence-electron chi connectivity index (χ4n) is 2.17. The molecular formula is C14H15N3OS. The summed E-state index contributed by atoms with van der Waals surface area (Å²) in [6.07, 6.45) is 1.97. The third kappa shape index (κ3) is 2.83. The van der Waals surface area contributed by atoms with E-state index in [9.17, 15) is 4.79 Å². The van der Waals surface area contributed by atoms with Gasteiger partial charge < -0.3 is 10.6 Å². The standard InChI is InChI=1S/C14H15N3OS/c18-13(11-7-4-8-15-11)17-14-16-12(9-19-14)10-5-2-1-3-6-10/h1-3,5-6,9,11,15H,4,7-8H2,(H,16,17,18). The van der Waals surface area contributed by atoms with Crippen LogP contribution in [-0.2, 0) is 4.79 Å². The summed E-state index contributed by atoms with van der Waals surface area (Å²) < 4.78 is 0. The number of nitrogens with one attached hydrogen (secondary N) is 2. The minimum atomic E-state index is -0.0657. The Kier molecular flexibility index (Phi) is 3.57. The average molecular weight is 273 g/mol. The van der Waals surface area contributed by atoms with Crippen LogP contribution in [0.2, 0.25) is 0 Å². The number of hydrogen-bond acceptors (Lipinski definition) is 4. The van der Waals surface area contributed by atoms with Crippen molar-refractivity contribution in [3.63, 3.8) is 0 Å². The molecule has 0 spiro atoms. The maximum absolute atomic E-state index is 12.0. The second kappa shape index (κ2) is 5.50. The molecule has 0 radical (unpaired) electrons. The van der Waals surface area contributed by atoms with Crippen LogP contribution in [0.15, 0.2) is 35.7 Å². The van der Waals surface area contributed by atoms with Crippen molar-refractivity contribution in [3.05, 3.63) is 35.7 Å². The minimum Gasteiger partial charge on any atom is -0.306 e. The first-order valence-electron chi connectivity index (χ1n) is 6.38. The molecule has 4 nitrogen and oxygen atoms in total. The zero-order valence-corrected chi connectivity index (χ0v) is 11.2. The van der Waals surface area contributed by atoms with Crippen LogP contribution in [0, 0.1) is 0 Å². The Morgan fingerprint density at radius 1 is 1.37 bits per heavy atom. The normalized spacial score (nSPS) is 18.4. The molecule has 1 unspecified atom stereocenters. The third-order valence-corrected chi connectivity index (χ3v) is 3.94. The first-order valence-corrected chi connectivity index (χ1v) is 7.26. The van der Waals surface area contributed by atoms with Gasteiger partial charge in [0, 0.05) is 10.9 Å². The highest BCUT2D eigenvalue weighted by molar-refractivity contribution is 7.14. The van der Waals surface area contributed by atoms with E-state index in [2.05, 4.69) is 15.6 Å². The van der Waals surface area contributed by atoms with Gasteiger partial charge in [-0.3, -0.25) is 4.79 Å². The molecular weight excluding hydrogens is 258 g/mol. The molecule has 98 valence electrons. The molecule has 1 aromatic carbocycles. The van der Waals surface area contributed by atoms with Crippen LogP contribution < -0.4 is 10.6 Å². The smallest absolute Gasteiger partial charge is 0.243 e. The van der Waals surface area contributed by atoms with Crippen LogP contribution in [0.5, 0.6) is 0 Å². The Bertz CT molecular complexity index is 561. The van der Waals surface area contributed by atoms with Crippen LogP contribution >= 0.6 is 11.3 Å². The fourth-order valence-corrected chi connectivity index (χ4v) is 2.90. The lowest BCUT2D eigenvalue weighted by molar-refractivity contribution is -0.117. The lowest BCUT2D eigenvalue weighted by Crippen LogP contribution is -2.35. The molecule has 0 bridgehead atoms. The summed E-state index contributed by atoms with van der Waals surface area (Å²) in [6.45, 7) is 0.922. The molecule has 19 heavy (non-hydrogen) atoms. The van der Waals surface area contributed by atoms with E-state index in [1.807, 2.05) is 35.7 Å². The maximum atomic E-state index is 12.0. The molecule has 1 aliphatic rings. The van der Waals surface area contributed by atoms with Crippen molar-refractivity contribution in [2.24, 2.45) is 0 Å². The summed E-state index contributed by atoms with van der Waals surface area (Å²) in [6, 6.07) is 9.90. The molecule has 1 atom stereocenters. The van der Waals surface area contributed by atoms with Gasteiger partial charge in [0.05, 0.1) is 11.7 Å². The quantitative estimate of drug-likeness (QED) is 0.903. The average Bonchev–Trinajstić information content (AvgIpc) is 3.11. The van der Waals surface area contributed by atoms with Gasteiger partial charge in [0.2, 0.25) is 5.91 Å². The SMILES string of the molecule is O=C(Nc1nc(-c2ccccc2)cs1)C1CCCN1. The van der Waals surface area contributed by atoms with E-state index in [1.54, 1.807) is 0 Å². The van der Waals surface area contributed by atoms with Gasteiger partial charge in [-0.2, -0.15) is 0 Å². The number of aromatic nitrogens is 1. The second-order valence-electron chi connectivity index (χ2n) is 4.54. The molecule has 2 N–H and O–H groups in total. The number of rotatable bonds is 3. The lowest BCUT2D eigenvalue weighted by Gasteiger charge is -2.08. The molecule has 1 amide bonds. The van der Waals surface area contributed by atoms with Gasteiger partial charge in [-0.25, -0.2) is 4.98 Å². The van der Waals surface area contributed by atoms with Crippen molar-refractivity contribution in [2.75, 3.05) is 11.9 Å². The first-order chi connectivity index (χ1) is 9.33. The Balaban J connectivity index is 1.70. The van der Waals surface area contributed by atoms with Crippen LogP contribution in [0.3, 0.4) is 0 Å². The largest absolute Gasteiger partial charge is 0.306 e. The van der Waals surface area contributed by atoms with Crippen LogP contribution in [-0.4, -0.2) is 23.5 Å². The summed E-state index contributed by atoms with van der Waals surface area (Å²) in [7, 11) is 0. The van der Waals surface area contributed by atoms with Gasteiger partial charge in [0.15, 0.2) is 5.13 Å². The molecule has 0 saturated carbocycles. The number of thiazole rings is 1. The molecule has 1 aliphatic heterocycles. The van der Waals surface area contributed by atoms with Gasteiger partial charge in [0.25, 0.3) is 0 Å². The van der Waals surface area contributed by atoms with E-state index >= 15 is 0 Å². The van der Waals surface area contributed by atoms with Gasteiger partial charge in [-0.15, -0.1) is 11.3 Å². The lowest BCUT2D eigenvalue weighted by atomic mass is 10.2. The Morgan fingerprint density at radius 2 is 2.21 bits per heavy atom. The molecule has 2 aromatic rings. The van der Waals surface area contributed by atoms with Crippen molar-refractivity contribution >= 4 is 22.4 Å². The number of benzene rings is 1. The number of anilines is 1. The van der Waals surface area contributed by atoms with Crippen molar-refractivity contribution in [1.29, 1.82) is 0 Å². The summed E-state index contributed by atoms with van der Waals surface area (Å²) in [4.78, 5) is 16.4. The number of nitrogens with zero attached hydrogens (tertiary/aromatic N) is 1. The summed E-state index contributed by atoms with van der Waals surface area (Å²) in [5.41, 5.74) is 1.97. The van der Waals surface area contributed by atoms with E-state index in [-0.39, 0.29) is 11.9 Å². The van der Waals surface area contributed by atoms with Crippen molar-refractivity contribution in [3.8, 4) is 11.3 Å². The summed E-state index contributed by atoms with van der Waals surface area (Å²) in [5.74, 6) is 0.0199. The predicted octanol–water partition coefficient (Wildman–Crippen LogP) is 2.50. The van der Waals surface area contributed by atoms with Gasteiger partial charge in [-0.1, -0.05) is 30.3 Å². The minimum absolute atomic E-state index is 0.0199. The van der Waals surface area contributed by atoms with Crippen LogP contribution in [0.25, 0.3) is 11.3 Å². The molecule has 1 fully saturated rings. The fraction of sp³-hybridized carbons (Fsp3) is 0.286. The molecule has 2 heterocycles. The summed E-state index contributed by atoms with van der Waals surface area (Å²) in [5, 5.41) is 8.69. The Labute approximate surface area is 115 Å². The van der Waals surface area contributed by atoms with E-state index in [4.69, 9.17) is 0 Å². The highest BCUT2D eigenvalue weighted by Gasteiger charge is 2.22. The van der Waals surface area contributed by atoms with Crippen molar-refractivity contribution in [1.82, 2.24) is 10.3 Å². The molecule has 5 heteroatoms. The van der Waals surface area contributed by atoms with Crippen LogP contribution in [0.1, 0.15) is 12.8 Å². The Hall–Kier alpha value is -1.72. The monoisotopic (exact) mass is 273 g/mol. The second-order valence-corrected chi connectivity index (χ2v) is 5.40. The van der Waals surface area contributed by atoms with E-state index in [1.165, 1.54) is 11.3 Å². The maximum Gasteiger partial charge on any atom is 0.243 e. The van der Waals surface area contributed by atoms with E-state index < -0.39 is 0 Å². The zero-order valence-electron chi connectivity index (χ0n) is 10.4. The number of carbonyl (C=O) groups excluding carboxylic acids is 1. The summed E-state index contributed by atoms with van der Waals surface area (Å²) >= 11 is 1.46. The van der Waals surface area contributed by atoms with Gasteiger partial charge in [-0.05, 0) is 19.4 Å². The predicted molar refractivity (Wildman–Crippen MR) is 77.2 cm³/mol. The van der Waals surface area contributed by atoms with Crippen molar-refractivity contribution < 1.29 is 4.79 Å². The first kappa shape index (κ1) is 12.3. The molecule has 0 aliphatic carbocycles. The van der Waals surface area contributed by atoms with Crippen molar-refractivity contribution in [2.45, 2.75) is 18.9 Å². The van der Waals surface area contributed by atoms with E-state index in [0.717, 1.165) is 30.6 Å². The topological polar surface area (TPSA) is 54.0 Å². The highest BCUT2D eigenvalue weighted by atomic mass is 32.1. The molecule has 3 rings (SSSR count). The van der Waals surface area contributed by atoms with Crippen LogP contribution in [0.4, 0.5) is 5.13 Å². The molecule has 1 aromatic heterocycles. The zero-order chi connectivity index (χ0) is 13.1. The van der Waals surface area contributed by atoms with Gasteiger partial charge in [0.1, 0.15) is 0 Å².